The number of benzene rings is 2. The van der Waals surface area contributed by atoms with Crippen molar-refractivity contribution in [3.63, 3.8) is 0 Å². The summed E-state index contributed by atoms with van der Waals surface area (Å²) in [4.78, 5) is 12.4. The zero-order chi connectivity index (χ0) is 21.8. The maximum absolute atomic E-state index is 12.7. The minimum atomic E-state index is -4.88. The fraction of sp³-hybridized carbons (Fsp3) is 0.350. The predicted molar refractivity (Wildman–Crippen MR) is 105 cm³/mol. The average Bonchev–Trinajstić information content (AvgIpc) is 2.69. The summed E-state index contributed by atoms with van der Waals surface area (Å²) in [6, 6.07) is 11.2. The van der Waals surface area contributed by atoms with Crippen molar-refractivity contribution < 1.29 is 31.1 Å². The molecular formula is C20H21F3N2O4S. The van der Waals surface area contributed by atoms with Crippen molar-refractivity contribution in [1.29, 1.82) is 0 Å². The lowest BCUT2D eigenvalue weighted by Crippen LogP contribution is -2.35. The number of halogens is 3. The van der Waals surface area contributed by atoms with Crippen molar-refractivity contribution in [3.8, 4) is 5.75 Å². The lowest BCUT2D eigenvalue weighted by atomic mass is 10.1. The summed E-state index contributed by atoms with van der Waals surface area (Å²) in [6.07, 6.45) is -2.34. The van der Waals surface area contributed by atoms with Crippen LogP contribution in [0.15, 0.2) is 53.4 Å². The molecular weight excluding hydrogens is 421 g/mol. The highest BCUT2D eigenvalue weighted by Crippen LogP contribution is 2.30. The lowest BCUT2D eigenvalue weighted by molar-refractivity contribution is -0.274. The number of carbonyl (C=O) groups excluding carboxylic acids is 1. The summed E-state index contributed by atoms with van der Waals surface area (Å²) < 4.78 is 68.1. The van der Waals surface area contributed by atoms with Crippen molar-refractivity contribution in [3.05, 3.63) is 54.1 Å². The van der Waals surface area contributed by atoms with E-state index in [4.69, 9.17) is 0 Å². The number of para-hydroxylation sites is 2. The van der Waals surface area contributed by atoms with E-state index in [1.165, 1.54) is 46.8 Å². The molecule has 0 radical (unpaired) electrons. The Bertz CT molecular complexity index is 986. The molecule has 0 bridgehead atoms. The molecule has 30 heavy (non-hydrogen) atoms. The molecule has 1 saturated heterocycles. The van der Waals surface area contributed by atoms with E-state index < -0.39 is 28.0 Å². The molecule has 1 N–H and O–H groups in total. The Morgan fingerprint density at radius 2 is 1.63 bits per heavy atom. The predicted octanol–water partition coefficient (Wildman–Crippen LogP) is 3.94. The van der Waals surface area contributed by atoms with E-state index in [0.29, 0.717) is 18.7 Å². The number of carbonyl (C=O) groups is 1. The van der Waals surface area contributed by atoms with Crippen molar-refractivity contribution >= 4 is 21.6 Å². The van der Waals surface area contributed by atoms with E-state index in [1.807, 2.05) is 0 Å². The fourth-order valence-corrected chi connectivity index (χ4v) is 4.71. The Balaban J connectivity index is 1.66. The van der Waals surface area contributed by atoms with Gasteiger partial charge in [-0.1, -0.05) is 30.7 Å². The second-order valence-corrected chi connectivity index (χ2v) is 8.82. The normalized spacial score (nSPS) is 15.6. The Morgan fingerprint density at radius 1 is 1.00 bits per heavy atom. The maximum atomic E-state index is 12.7. The summed E-state index contributed by atoms with van der Waals surface area (Å²) in [6.45, 7) is 0.984. The van der Waals surface area contributed by atoms with E-state index in [1.54, 1.807) is 0 Å². The van der Waals surface area contributed by atoms with E-state index in [-0.39, 0.29) is 17.0 Å². The van der Waals surface area contributed by atoms with Crippen molar-refractivity contribution in [2.75, 3.05) is 18.4 Å². The Kier molecular flexibility index (Phi) is 6.67. The van der Waals surface area contributed by atoms with Crippen LogP contribution in [0.2, 0.25) is 0 Å². The largest absolute Gasteiger partial charge is 0.573 e. The molecule has 1 heterocycles. The van der Waals surface area contributed by atoms with Gasteiger partial charge in [-0.2, -0.15) is 4.31 Å². The van der Waals surface area contributed by atoms with E-state index in [0.717, 1.165) is 25.3 Å². The average molecular weight is 442 g/mol. The molecule has 1 fully saturated rings. The smallest absolute Gasteiger partial charge is 0.404 e. The second-order valence-electron chi connectivity index (χ2n) is 6.88. The van der Waals surface area contributed by atoms with Gasteiger partial charge in [0.1, 0.15) is 0 Å². The van der Waals surface area contributed by atoms with Crippen LogP contribution in [0.3, 0.4) is 0 Å². The van der Waals surface area contributed by atoms with Crippen LogP contribution >= 0.6 is 0 Å². The van der Waals surface area contributed by atoms with Gasteiger partial charge in [0.2, 0.25) is 15.9 Å². The summed E-state index contributed by atoms with van der Waals surface area (Å²) in [5, 5.41) is 2.39. The molecule has 0 saturated carbocycles. The number of anilines is 1. The highest BCUT2D eigenvalue weighted by Gasteiger charge is 2.32. The van der Waals surface area contributed by atoms with Crippen molar-refractivity contribution in [2.24, 2.45) is 0 Å². The number of alkyl halides is 3. The number of piperidine rings is 1. The van der Waals surface area contributed by atoms with Gasteiger partial charge in [0.25, 0.3) is 0 Å². The van der Waals surface area contributed by atoms with Crippen LogP contribution in [0.25, 0.3) is 0 Å². The van der Waals surface area contributed by atoms with Crippen LogP contribution in [0.1, 0.15) is 24.8 Å². The van der Waals surface area contributed by atoms with Crippen LogP contribution in [0.4, 0.5) is 18.9 Å². The minimum absolute atomic E-state index is 0.107. The molecule has 0 atom stereocenters. The standard InChI is InChI=1S/C20H21F3N2O4S/c21-20(22,23)29-18-7-3-2-6-17(18)24-19(26)14-15-8-10-16(11-9-15)30(27,28)25-12-4-1-5-13-25/h2-3,6-11H,1,4-5,12-14H2,(H,24,26). The molecule has 1 aliphatic rings. The Labute approximate surface area is 172 Å². The molecule has 3 rings (SSSR count). The second kappa shape index (κ2) is 9.05. The molecule has 162 valence electrons. The Morgan fingerprint density at radius 3 is 2.27 bits per heavy atom. The number of rotatable bonds is 6. The quantitative estimate of drug-likeness (QED) is 0.735. The van der Waals surface area contributed by atoms with Gasteiger partial charge < -0.3 is 10.1 Å². The van der Waals surface area contributed by atoms with Crippen LogP contribution in [-0.2, 0) is 21.2 Å². The van der Waals surface area contributed by atoms with Crippen molar-refractivity contribution in [1.82, 2.24) is 4.31 Å². The van der Waals surface area contributed by atoms with Crippen LogP contribution in [0, 0.1) is 0 Å². The highest BCUT2D eigenvalue weighted by molar-refractivity contribution is 7.89. The van der Waals surface area contributed by atoms with E-state index in [9.17, 15) is 26.4 Å². The maximum Gasteiger partial charge on any atom is 0.573 e. The lowest BCUT2D eigenvalue weighted by Gasteiger charge is -2.25. The van der Waals surface area contributed by atoms with Gasteiger partial charge in [-0.25, -0.2) is 8.42 Å². The van der Waals surface area contributed by atoms with Gasteiger partial charge in [-0.05, 0) is 42.7 Å². The summed E-state index contributed by atoms with van der Waals surface area (Å²) in [5.74, 6) is -1.07. The van der Waals surface area contributed by atoms with Crippen LogP contribution < -0.4 is 10.1 Å². The zero-order valence-corrected chi connectivity index (χ0v) is 16.8. The number of nitrogens with one attached hydrogen (secondary N) is 1. The molecule has 10 heteroatoms. The van der Waals surface area contributed by atoms with Gasteiger partial charge in [0, 0.05) is 13.1 Å². The number of amides is 1. The van der Waals surface area contributed by atoms with Gasteiger partial charge in [-0.3, -0.25) is 4.79 Å². The molecule has 1 amide bonds. The fourth-order valence-electron chi connectivity index (χ4n) is 3.20. The van der Waals surface area contributed by atoms with Crippen molar-refractivity contribution in [2.45, 2.75) is 36.9 Å². The first-order chi connectivity index (χ1) is 14.1. The Hall–Kier alpha value is -2.59. The molecule has 2 aromatic carbocycles. The topological polar surface area (TPSA) is 75.7 Å². The molecule has 6 nitrogen and oxygen atoms in total. The molecule has 0 aliphatic carbocycles. The first kappa shape index (κ1) is 22.1. The van der Waals surface area contributed by atoms with Gasteiger partial charge >= 0.3 is 6.36 Å². The van der Waals surface area contributed by atoms with Gasteiger partial charge in [-0.15, -0.1) is 13.2 Å². The SMILES string of the molecule is O=C(Cc1ccc(S(=O)(=O)N2CCCCC2)cc1)Nc1ccccc1OC(F)(F)F. The van der Waals surface area contributed by atoms with Crippen LogP contribution in [-0.4, -0.2) is 38.1 Å². The number of ether oxygens (including phenoxy) is 1. The van der Waals surface area contributed by atoms with Crippen LogP contribution in [0.5, 0.6) is 5.75 Å². The molecule has 0 unspecified atom stereocenters. The summed E-state index contributed by atoms with van der Waals surface area (Å²) >= 11 is 0. The molecule has 2 aromatic rings. The minimum Gasteiger partial charge on any atom is -0.404 e. The summed E-state index contributed by atoms with van der Waals surface area (Å²) in [7, 11) is -3.57. The number of hydrogen-bond donors (Lipinski definition) is 1. The highest BCUT2D eigenvalue weighted by atomic mass is 32.2. The first-order valence-electron chi connectivity index (χ1n) is 9.39. The molecule has 1 aliphatic heterocycles. The van der Waals surface area contributed by atoms with E-state index in [2.05, 4.69) is 10.1 Å². The molecule has 0 spiro atoms. The summed E-state index contributed by atoms with van der Waals surface area (Å²) in [5.41, 5.74) is 0.420. The molecule has 0 aromatic heterocycles. The van der Waals surface area contributed by atoms with Gasteiger partial charge in [0.15, 0.2) is 5.75 Å². The number of nitrogens with zero attached hydrogens (tertiary/aromatic N) is 1. The number of hydrogen-bond acceptors (Lipinski definition) is 4. The van der Waals surface area contributed by atoms with E-state index >= 15 is 0 Å². The number of sulfonamides is 1. The third-order valence-electron chi connectivity index (χ3n) is 4.63. The third-order valence-corrected chi connectivity index (χ3v) is 6.54. The third kappa shape index (κ3) is 5.73. The zero-order valence-electron chi connectivity index (χ0n) is 16.0. The monoisotopic (exact) mass is 442 g/mol. The first-order valence-corrected chi connectivity index (χ1v) is 10.8. The van der Waals surface area contributed by atoms with Gasteiger partial charge in [0.05, 0.1) is 17.0 Å².